The van der Waals surface area contributed by atoms with Crippen LogP contribution in [-0.2, 0) is 0 Å². The van der Waals surface area contributed by atoms with Gasteiger partial charge in [0.15, 0.2) is 0 Å². The van der Waals surface area contributed by atoms with Gasteiger partial charge in [-0.15, -0.1) is 0 Å². The quantitative estimate of drug-likeness (QED) is 0.188. The Bertz CT molecular complexity index is 1800. The molecule has 0 radical (unpaired) electrons. The van der Waals surface area contributed by atoms with E-state index in [0.717, 1.165) is 32.5 Å². The maximum Gasteiger partial charge on any atom is 0.270 e. The van der Waals surface area contributed by atoms with Gasteiger partial charge in [0.05, 0.1) is 10.6 Å². The average Bonchev–Trinajstić information content (AvgIpc) is 2.87. The number of anilines is 1. The minimum absolute atomic E-state index is 0.0356. The van der Waals surface area contributed by atoms with Crippen LogP contribution in [0.25, 0.3) is 54.7 Å². The Hall–Kier alpha value is -5.02. The molecule has 0 atom stereocenters. The second kappa shape index (κ2) is 7.26. The Morgan fingerprint density at radius 2 is 1.50 bits per heavy atom. The summed E-state index contributed by atoms with van der Waals surface area (Å²) in [6, 6.07) is 28.9. The van der Waals surface area contributed by atoms with Crippen LogP contribution in [0.1, 0.15) is 5.56 Å². The van der Waals surface area contributed by atoms with Crippen molar-refractivity contribution in [2.45, 2.75) is 0 Å². The van der Waals surface area contributed by atoms with Crippen molar-refractivity contribution in [3.8, 4) is 28.5 Å². The Morgan fingerprint density at radius 3 is 2.24 bits per heavy atom. The SMILES string of the molecule is N#Cc1c(-c2ccc3ccc4cccc5ccc2c3c45)cc(-c2cccc([N+](=O)[O-])c2)nc1N. The predicted molar refractivity (Wildman–Crippen MR) is 135 cm³/mol. The van der Waals surface area contributed by atoms with Gasteiger partial charge in [0, 0.05) is 23.3 Å². The van der Waals surface area contributed by atoms with Gasteiger partial charge in [0.1, 0.15) is 17.5 Å². The smallest absolute Gasteiger partial charge is 0.270 e. The van der Waals surface area contributed by atoms with Crippen molar-refractivity contribution < 1.29 is 4.92 Å². The molecule has 0 fully saturated rings. The van der Waals surface area contributed by atoms with Crippen molar-refractivity contribution in [2.75, 3.05) is 5.73 Å². The van der Waals surface area contributed by atoms with Gasteiger partial charge >= 0.3 is 0 Å². The molecule has 2 N–H and O–H groups in total. The molecule has 6 heteroatoms. The van der Waals surface area contributed by atoms with Gasteiger partial charge in [0.25, 0.3) is 5.69 Å². The second-order valence-electron chi connectivity index (χ2n) is 8.20. The van der Waals surface area contributed by atoms with Crippen LogP contribution in [-0.4, -0.2) is 9.91 Å². The van der Waals surface area contributed by atoms with E-state index < -0.39 is 4.92 Å². The first-order chi connectivity index (χ1) is 16.5. The summed E-state index contributed by atoms with van der Waals surface area (Å²) < 4.78 is 0. The van der Waals surface area contributed by atoms with Crippen molar-refractivity contribution in [3.63, 3.8) is 0 Å². The Labute approximate surface area is 194 Å². The first kappa shape index (κ1) is 19.6. The highest BCUT2D eigenvalue weighted by Gasteiger charge is 2.18. The molecule has 0 saturated carbocycles. The summed E-state index contributed by atoms with van der Waals surface area (Å²) in [5.41, 5.74) is 9.02. The third kappa shape index (κ3) is 2.85. The molecule has 0 saturated heterocycles. The average molecular weight is 440 g/mol. The van der Waals surface area contributed by atoms with Crippen LogP contribution in [0, 0.1) is 21.4 Å². The fourth-order valence-electron chi connectivity index (χ4n) is 4.79. The molecule has 0 amide bonds. The van der Waals surface area contributed by atoms with E-state index in [1.807, 2.05) is 18.2 Å². The van der Waals surface area contributed by atoms with Gasteiger partial charge in [-0.25, -0.2) is 4.98 Å². The van der Waals surface area contributed by atoms with Crippen LogP contribution in [0.2, 0.25) is 0 Å². The zero-order valence-corrected chi connectivity index (χ0v) is 17.8. The Morgan fingerprint density at radius 1 is 0.824 bits per heavy atom. The summed E-state index contributed by atoms with van der Waals surface area (Å²) >= 11 is 0. The predicted octanol–water partition coefficient (Wildman–Crippen LogP) is 6.68. The van der Waals surface area contributed by atoms with Gasteiger partial charge in [-0.05, 0) is 43.9 Å². The molecular formula is C28H16N4O2. The van der Waals surface area contributed by atoms with E-state index >= 15 is 0 Å². The summed E-state index contributed by atoms with van der Waals surface area (Å²) in [4.78, 5) is 15.2. The second-order valence-corrected chi connectivity index (χ2v) is 8.20. The number of pyridine rings is 1. The molecule has 0 spiro atoms. The van der Waals surface area contributed by atoms with Crippen molar-refractivity contribution in [2.24, 2.45) is 0 Å². The van der Waals surface area contributed by atoms with Crippen LogP contribution >= 0.6 is 0 Å². The van der Waals surface area contributed by atoms with Gasteiger partial charge < -0.3 is 5.73 Å². The maximum atomic E-state index is 11.3. The molecule has 34 heavy (non-hydrogen) atoms. The number of benzene rings is 5. The number of nitrogens with two attached hydrogens (primary N) is 1. The van der Waals surface area contributed by atoms with E-state index in [0.29, 0.717) is 16.8 Å². The molecule has 6 nitrogen and oxygen atoms in total. The van der Waals surface area contributed by atoms with Crippen molar-refractivity contribution in [3.05, 3.63) is 101 Å². The highest BCUT2D eigenvalue weighted by molar-refractivity contribution is 6.25. The monoisotopic (exact) mass is 440 g/mol. The highest BCUT2D eigenvalue weighted by Crippen LogP contribution is 2.41. The molecule has 160 valence electrons. The molecule has 6 rings (SSSR count). The number of nitrogen functional groups attached to an aromatic ring is 1. The Balaban J connectivity index is 1.67. The van der Waals surface area contributed by atoms with E-state index in [1.165, 1.54) is 17.5 Å². The Kier molecular flexibility index (Phi) is 4.19. The number of nitro benzene ring substituents is 1. The number of aromatic nitrogens is 1. The van der Waals surface area contributed by atoms with Crippen LogP contribution in [0.15, 0.2) is 84.9 Å². The fraction of sp³-hybridized carbons (Fsp3) is 0. The zero-order valence-electron chi connectivity index (χ0n) is 17.8. The highest BCUT2D eigenvalue weighted by atomic mass is 16.6. The summed E-state index contributed by atoms with van der Waals surface area (Å²) in [5.74, 6) is 0.0900. The lowest BCUT2D eigenvalue weighted by Crippen LogP contribution is -2.00. The topological polar surface area (TPSA) is 106 Å². The third-order valence-electron chi connectivity index (χ3n) is 6.33. The number of non-ortho nitro benzene ring substituents is 1. The number of hydrogen-bond donors (Lipinski definition) is 1. The molecule has 6 aromatic rings. The van der Waals surface area contributed by atoms with Gasteiger partial charge in [0.2, 0.25) is 0 Å². The maximum absolute atomic E-state index is 11.3. The summed E-state index contributed by atoms with van der Waals surface area (Å²) in [6.07, 6.45) is 0. The minimum Gasteiger partial charge on any atom is -0.383 e. The lowest BCUT2D eigenvalue weighted by atomic mass is 9.88. The van der Waals surface area contributed by atoms with E-state index in [9.17, 15) is 15.4 Å². The van der Waals surface area contributed by atoms with Crippen LogP contribution in [0.4, 0.5) is 11.5 Å². The van der Waals surface area contributed by atoms with Crippen molar-refractivity contribution in [1.29, 1.82) is 5.26 Å². The lowest BCUT2D eigenvalue weighted by Gasteiger charge is -2.16. The normalized spacial score (nSPS) is 11.3. The van der Waals surface area contributed by atoms with Crippen molar-refractivity contribution >= 4 is 43.8 Å². The van der Waals surface area contributed by atoms with Crippen LogP contribution in [0.5, 0.6) is 0 Å². The van der Waals surface area contributed by atoms with Gasteiger partial charge in [-0.1, -0.05) is 66.7 Å². The standard InChI is InChI=1S/C28H16N4O2/c29-15-24-23(14-25(31-28(24)30)19-5-2-6-20(13-19)32(33)34)21-11-9-18-8-7-16-3-1-4-17-10-12-22(21)27(18)26(16)17/h1-14H,(H2,30,31). The number of nitrogens with zero attached hydrogens (tertiary/aromatic N) is 3. The molecular weight excluding hydrogens is 424 g/mol. The van der Waals surface area contributed by atoms with E-state index in [-0.39, 0.29) is 17.1 Å². The first-order valence-corrected chi connectivity index (χ1v) is 10.7. The molecule has 0 aliphatic rings. The number of hydrogen-bond acceptors (Lipinski definition) is 5. The molecule has 0 aliphatic heterocycles. The van der Waals surface area contributed by atoms with E-state index in [2.05, 4.69) is 47.5 Å². The van der Waals surface area contributed by atoms with Crippen LogP contribution < -0.4 is 5.73 Å². The van der Waals surface area contributed by atoms with E-state index in [4.69, 9.17) is 5.73 Å². The third-order valence-corrected chi connectivity index (χ3v) is 6.33. The number of nitriles is 1. The largest absolute Gasteiger partial charge is 0.383 e. The van der Waals surface area contributed by atoms with E-state index in [1.54, 1.807) is 18.2 Å². The summed E-state index contributed by atoms with van der Waals surface area (Å²) in [7, 11) is 0. The first-order valence-electron chi connectivity index (χ1n) is 10.7. The molecule has 1 aromatic heterocycles. The molecule has 1 heterocycles. The van der Waals surface area contributed by atoms with Crippen molar-refractivity contribution in [1.82, 2.24) is 4.98 Å². The number of rotatable bonds is 3. The molecule has 0 bridgehead atoms. The zero-order chi connectivity index (χ0) is 23.4. The summed E-state index contributed by atoms with van der Waals surface area (Å²) in [5, 5.41) is 27.9. The van der Waals surface area contributed by atoms with Gasteiger partial charge in [-0.2, -0.15) is 5.26 Å². The van der Waals surface area contributed by atoms with Crippen LogP contribution in [0.3, 0.4) is 0 Å². The fourth-order valence-corrected chi connectivity index (χ4v) is 4.79. The molecule has 0 aliphatic carbocycles. The number of nitro groups is 1. The summed E-state index contributed by atoms with van der Waals surface area (Å²) in [6.45, 7) is 0. The van der Waals surface area contributed by atoms with Gasteiger partial charge in [-0.3, -0.25) is 10.1 Å². The lowest BCUT2D eigenvalue weighted by molar-refractivity contribution is -0.384. The molecule has 5 aromatic carbocycles. The molecule has 0 unspecified atom stereocenters. The minimum atomic E-state index is -0.446.